The fourth-order valence-corrected chi connectivity index (χ4v) is 2.49. The molecule has 1 aromatic rings. The molecule has 1 aromatic carbocycles. The molecule has 0 saturated carbocycles. The minimum Gasteiger partial charge on any atom is -0.497 e. The van der Waals surface area contributed by atoms with Gasteiger partial charge < -0.3 is 4.74 Å². The molecule has 0 saturated heterocycles. The van der Waals surface area contributed by atoms with Crippen LogP contribution in [0.25, 0.3) is 0 Å². The lowest BCUT2D eigenvalue weighted by molar-refractivity contribution is -0.134. The molecule has 2 rings (SSSR count). The van der Waals surface area contributed by atoms with E-state index in [1.54, 1.807) is 19.2 Å². The maximum absolute atomic E-state index is 12.4. The smallest absolute Gasteiger partial charge is 0.260 e. The van der Waals surface area contributed by atoms with Gasteiger partial charge in [-0.25, -0.2) is 0 Å². The maximum atomic E-state index is 12.4. The average Bonchev–Trinajstić information content (AvgIpc) is 2.41. The molecule has 0 radical (unpaired) electrons. The number of rotatable bonds is 3. The molecule has 0 fully saturated rings. The van der Waals surface area contributed by atoms with E-state index in [0.717, 1.165) is 12.0 Å². The fraction of sp³-hybridized carbons (Fsp3) is 0.467. The predicted octanol–water partition coefficient (Wildman–Crippen LogP) is 2.37. The Labute approximate surface area is 113 Å². The zero-order valence-corrected chi connectivity index (χ0v) is 11.8. The third-order valence-electron chi connectivity index (χ3n) is 3.60. The summed E-state index contributed by atoms with van der Waals surface area (Å²) in [5.41, 5.74) is 0.665. The fourth-order valence-electron chi connectivity index (χ4n) is 2.49. The van der Waals surface area contributed by atoms with Gasteiger partial charge in [0.2, 0.25) is 5.91 Å². The molecule has 0 spiro atoms. The molecule has 1 heterocycles. The Morgan fingerprint density at radius 2 is 1.95 bits per heavy atom. The van der Waals surface area contributed by atoms with Crippen LogP contribution in [-0.2, 0) is 10.2 Å². The molecule has 0 aromatic heterocycles. The van der Waals surface area contributed by atoms with Crippen LogP contribution in [0.3, 0.4) is 0 Å². The Kier molecular flexibility index (Phi) is 3.35. The van der Waals surface area contributed by atoms with E-state index in [0.29, 0.717) is 17.9 Å². The highest BCUT2D eigenvalue weighted by Gasteiger charge is 2.44. The monoisotopic (exact) mass is 261 g/mol. The summed E-state index contributed by atoms with van der Waals surface area (Å²) in [4.78, 5) is 26.2. The van der Waals surface area contributed by atoms with Crippen LogP contribution in [0.1, 0.15) is 43.1 Å². The van der Waals surface area contributed by atoms with Crippen molar-refractivity contribution >= 4 is 11.8 Å². The highest BCUT2D eigenvalue weighted by atomic mass is 16.5. The average molecular weight is 261 g/mol. The van der Waals surface area contributed by atoms with E-state index in [1.165, 1.54) is 4.90 Å². The van der Waals surface area contributed by atoms with Crippen LogP contribution in [0.5, 0.6) is 5.75 Å². The normalized spacial score (nSPS) is 17.4. The first kappa shape index (κ1) is 13.6. The van der Waals surface area contributed by atoms with E-state index >= 15 is 0 Å². The van der Waals surface area contributed by atoms with E-state index in [-0.39, 0.29) is 11.8 Å². The Morgan fingerprint density at radius 3 is 2.53 bits per heavy atom. The van der Waals surface area contributed by atoms with Gasteiger partial charge in [-0.2, -0.15) is 0 Å². The van der Waals surface area contributed by atoms with Gasteiger partial charge in [-0.15, -0.1) is 0 Å². The minimum atomic E-state index is -0.676. The summed E-state index contributed by atoms with van der Waals surface area (Å²) in [6, 6.07) is 5.32. The van der Waals surface area contributed by atoms with Crippen molar-refractivity contribution in [2.24, 2.45) is 0 Å². The molecule has 0 bridgehead atoms. The van der Waals surface area contributed by atoms with Crippen LogP contribution in [0.4, 0.5) is 0 Å². The lowest BCUT2D eigenvalue weighted by Gasteiger charge is -2.37. The molecule has 19 heavy (non-hydrogen) atoms. The van der Waals surface area contributed by atoms with Crippen molar-refractivity contribution < 1.29 is 14.3 Å². The number of carbonyl (C=O) groups is 2. The molecule has 0 unspecified atom stereocenters. The summed E-state index contributed by atoms with van der Waals surface area (Å²) in [6.45, 7) is 6.12. The van der Waals surface area contributed by atoms with Gasteiger partial charge in [-0.1, -0.05) is 13.0 Å². The molecule has 102 valence electrons. The summed E-state index contributed by atoms with van der Waals surface area (Å²) in [5, 5.41) is 0. The zero-order chi connectivity index (χ0) is 14.2. The zero-order valence-electron chi connectivity index (χ0n) is 11.8. The van der Waals surface area contributed by atoms with E-state index in [4.69, 9.17) is 4.74 Å². The Morgan fingerprint density at radius 1 is 1.26 bits per heavy atom. The van der Waals surface area contributed by atoms with Crippen molar-refractivity contribution in [3.63, 3.8) is 0 Å². The first-order valence-electron chi connectivity index (χ1n) is 6.48. The molecule has 2 amide bonds. The van der Waals surface area contributed by atoms with Gasteiger partial charge in [-0.3, -0.25) is 14.5 Å². The number of methoxy groups -OCH3 is 1. The van der Waals surface area contributed by atoms with Crippen molar-refractivity contribution in [3.05, 3.63) is 29.3 Å². The first-order chi connectivity index (χ1) is 8.93. The number of ether oxygens (including phenoxy) is 1. The molecule has 4 heteroatoms. The van der Waals surface area contributed by atoms with Crippen molar-refractivity contribution in [2.75, 3.05) is 13.7 Å². The van der Waals surface area contributed by atoms with Gasteiger partial charge in [0.1, 0.15) is 5.75 Å². The van der Waals surface area contributed by atoms with Crippen molar-refractivity contribution in [2.45, 2.75) is 32.6 Å². The summed E-state index contributed by atoms with van der Waals surface area (Å²) in [6.07, 6.45) is 0.757. The second kappa shape index (κ2) is 4.68. The topological polar surface area (TPSA) is 46.6 Å². The van der Waals surface area contributed by atoms with E-state index < -0.39 is 5.41 Å². The molecular formula is C15H19NO3. The van der Waals surface area contributed by atoms with E-state index in [9.17, 15) is 9.59 Å². The number of nitrogens with zero attached hydrogens (tertiary/aromatic N) is 1. The number of amides is 2. The standard InChI is InChI=1S/C15H19NO3/c1-5-8-16-13(17)11-9-10(19-4)6-7-12(11)15(2,3)14(16)18/h6-7,9H,5,8H2,1-4H3. The van der Waals surface area contributed by atoms with Gasteiger partial charge in [0.15, 0.2) is 0 Å². The van der Waals surface area contributed by atoms with Crippen LogP contribution in [0.15, 0.2) is 18.2 Å². The maximum Gasteiger partial charge on any atom is 0.260 e. The highest BCUT2D eigenvalue weighted by molar-refractivity contribution is 6.13. The molecule has 4 nitrogen and oxygen atoms in total. The molecule has 1 aliphatic rings. The van der Waals surface area contributed by atoms with Crippen molar-refractivity contribution in [1.82, 2.24) is 4.90 Å². The molecule has 0 atom stereocenters. The van der Waals surface area contributed by atoms with Crippen LogP contribution in [0, 0.1) is 0 Å². The largest absolute Gasteiger partial charge is 0.497 e. The molecule has 0 N–H and O–H groups in total. The predicted molar refractivity (Wildman–Crippen MR) is 72.4 cm³/mol. The number of hydrogen-bond acceptors (Lipinski definition) is 3. The lowest BCUT2D eigenvalue weighted by Crippen LogP contribution is -2.51. The van der Waals surface area contributed by atoms with Crippen molar-refractivity contribution in [3.8, 4) is 5.75 Å². The van der Waals surface area contributed by atoms with Gasteiger partial charge in [0.05, 0.1) is 12.5 Å². The number of benzene rings is 1. The van der Waals surface area contributed by atoms with Crippen LogP contribution in [0.2, 0.25) is 0 Å². The number of fused-ring (bicyclic) bond motifs is 1. The first-order valence-corrected chi connectivity index (χ1v) is 6.48. The summed E-state index contributed by atoms with van der Waals surface area (Å²) in [5.74, 6) is 0.283. The quantitative estimate of drug-likeness (QED) is 0.785. The Hall–Kier alpha value is -1.84. The number of carbonyl (C=O) groups excluding carboxylic acids is 2. The number of hydrogen-bond donors (Lipinski definition) is 0. The molecular weight excluding hydrogens is 242 g/mol. The van der Waals surface area contributed by atoms with Crippen LogP contribution < -0.4 is 4.74 Å². The lowest BCUT2D eigenvalue weighted by atomic mass is 9.77. The Bertz CT molecular complexity index is 534. The van der Waals surface area contributed by atoms with E-state index in [1.807, 2.05) is 26.8 Å². The third-order valence-corrected chi connectivity index (χ3v) is 3.60. The van der Waals surface area contributed by atoms with Crippen LogP contribution >= 0.6 is 0 Å². The highest BCUT2D eigenvalue weighted by Crippen LogP contribution is 2.36. The Balaban J connectivity index is 2.59. The summed E-state index contributed by atoms with van der Waals surface area (Å²) < 4.78 is 5.16. The second-order valence-corrected chi connectivity index (χ2v) is 5.30. The van der Waals surface area contributed by atoms with Crippen molar-refractivity contribution in [1.29, 1.82) is 0 Å². The molecule has 0 aliphatic carbocycles. The SMILES string of the molecule is CCCN1C(=O)c2cc(OC)ccc2C(C)(C)C1=O. The summed E-state index contributed by atoms with van der Waals surface area (Å²) in [7, 11) is 1.56. The third kappa shape index (κ3) is 2.01. The number of imide groups is 1. The van der Waals surface area contributed by atoms with Gasteiger partial charge >= 0.3 is 0 Å². The van der Waals surface area contributed by atoms with Crippen LogP contribution in [-0.4, -0.2) is 30.4 Å². The van der Waals surface area contributed by atoms with E-state index in [2.05, 4.69) is 0 Å². The summed E-state index contributed by atoms with van der Waals surface area (Å²) >= 11 is 0. The van der Waals surface area contributed by atoms with Gasteiger partial charge in [-0.05, 0) is 38.0 Å². The second-order valence-electron chi connectivity index (χ2n) is 5.30. The van der Waals surface area contributed by atoms with Gasteiger partial charge in [0.25, 0.3) is 5.91 Å². The molecule has 1 aliphatic heterocycles. The minimum absolute atomic E-state index is 0.128. The van der Waals surface area contributed by atoms with Gasteiger partial charge in [0, 0.05) is 12.1 Å².